The molecule has 0 saturated heterocycles. The van der Waals surface area contributed by atoms with Gasteiger partial charge in [-0.05, 0) is 19.1 Å². The van der Waals surface area contributed by atoms with Gasteiger partial charge < -0.3 is 15.3 Å². The second-order valence-corrected chi connectivity index (χ2v) is 6.70. The number of halogens is 1. The zero-order valence-corrected chi connectivity index (χ0v) is 13.9. The second-order valence-electron chi connectivity index (χ2n) is 5.06. The first kappa shape index (κ1) is 14.9. The average molecular weight is 360 g/mol. The van der Waals surface area contributed by atoms with Gasteiger partial charge >= 0.3 is 0 Å². The molecule has 7 nitrogen and oxygen atoms in total. The van der Waals surface area contributed by atoms with Gasteiger partial charge in [0.15, 0.2) is 17.8 Å². The predicted molar refractivity (Wildman–Crippen MR) is 92.0 cm³/mol. The van der Waals surface area contributed by atoms with E-state index in [1.165, 1.54) is 17.7 Å². The van der Waals surface area contributed by atoms with Crippen molar-refractivity contribution < 1.29 is 9.52 Å². The number of rotatable bonds is 2. The fourth-order valence-corrected chi connectivity index (χ4v) is 3.33. The monoisotopic (exact) mass is 359 g/mol. The third-order valence-electron chi connectivity index (χ3n) is 3.39. The van der Waals surface area contributed by atoms with Crippen molar-refractivity contribution in [1.29, 1.82) is 0 Å². The maximum absolute atomic E-state index is 9.90. The summed E-state index contributed by atoms with van der Waals surface area (Å²) in [5.41, 5.74) is 8.28. The van der Waals surface area contributed by atoms with Gasteiger partial charge in [0, 0.05) is 16.6 Å². The number of benzene rings is 1. The number of fused-ring (bicyclic) bond motifs is 1. The predicted octanol–water partition coefficient (Wildman–Crippen LogP) is 3.66. The van der Waals surface area contributed by atoms with Gasteiger partial charge in [-0.25, -0.2) is 19.9 Å². The Hall–Kier alpha value is -2.71. The molecule has 3 N–H and O–H groups in total. The van der Waals surface area contributed by atoms with E-state index in [1.807, 2.05) is 6.92 Å². The number of aromatic hydroxyl groups is 1. The van der Waals surface area contributed by atoms with Crippen LogP contribution < -0.4 is 5.73 Å². The number of nitrogens with two attached hydrogens (primary N) is 1. The molecule has 0 atom stereocenters. The van der Waals surface area contributed by atoms with E-state index in [0.29, 0.717) is 38.1 Å². The van der Waals surface area contributed by atoms with Crippen molar-refractivity contribution >= 4 is 39.9 Å². The lowest BCUT2D eigenvalue weighted by Crippen LogP contribution is -1.99. The first-order chi connectivity index (χ1) is 11.5. The molecule has 0 unspecified atom stereocenters. The number of nitrogens with zero attached hydrogens (tertiary/aromatic N) is 4. The summed E-state index contributed by atoms with van der Waals surface area (Å²) in [4.78, 5) is 17.8. The molecule has 1 aromatic carbocycles. The summed E-state index contributed by atoms with van der Waals surface area (Å²) in [5.74, 6) is -0.413. The van der Waals surface area contributed by atoms with Crippen molar-refractivity contribution in [3.05, 3.63) is 34.6 Å². The summed E-state index contributed by atoms with van der Waals surface area (Å²) in [6.45, 7) is 1.94. The number of nitrogen functional groups attached to an aromatic ring is 1. The molecule has 9 heteroatoms. The van der Waals surface area contributed by atoms with Crippen molar-refractivity contribution in [1.82, 2.24) is 19.9 Å². The Bertz CT molecular complexity index is 1080. The molecule has 24 heavy (non-hydrogen) atoms. The molecule has 0 amide bonds. The Morgan fingerprint density at radius 3 is 2.79 bits per heavy atom. The lowest BCUT2D eigenvalue weighted by Gasteiger charge is -2.09. The molecule has 0 saturated carbocycles. The number of thiazole rings is 1. The van der Waals surface area contributed by atoms with E-state index in [1.54, 1.807) is 18.3 Å². The SMILES string of the molecule is Cc1cnc(-c2nc(N)c(O)nc2-c2cc(Cl)c3ncoc3c2)s1. The van der Waals surface area contributed by atoms with Crippen LogP contribution in [-0.2, 0) is 0 Å². The minimum atomic E-state index is -0.351. The standard InChI is InChI=1S/C15H10ClN5O2S/c1-6-4-18-15(24-6)12-10(21-14(22)13(17)20-12)7-2-8(16)11-9(3-7)23-5-19-11/h2-5H,1H3,(H2,17,20)(H,21,22). The number of oxazole rings is 1. The molecular weight excluding hydrogens is 350 g/mol. The molecule has 120 valence electrons. The lowest BCUT2D eigenvalue weighted by molar-refractivity contribution is 0.455. The van der Waals surface area contributed by atoms with E-state index in [4.69, 9.17) is 21.8 Å². The summed E-state index contributed by atoms with van der Waals surface area (Å²) in [6.07, 6.45) is 3.05. The lowest BCUT2D eigenvalue weighted by atomic mass is 10.1. The number of hydrogen-bond acceptors (Lipinski definition) is 8. The molecule has 3 aromatic heterocycles. The minimum absolute atomic E-state index is 0.0616. The normalized spacial score (nSPS) is 11.2. The molecule has 0 bridgehead atoms. The van der Waals surface area contributed by atoms with Crippen molar-refractivity contribution in [2.45, 2.75) is 6.92 Å². The first-order valence-corrected chi connectivity index (χ1v) is 8.05. The van der Waals surface area contributed by atoms with Crippen LogP contribution >= 0.6 is 22.9 Å². The topological polar surface area (TPSA) is 111 Å². The third kappa shape index (κ3) is 2.36. The van der Waals surface area contributed by atoms with Gasteiger partial charge in [-0.1, -0.05) is 11.6 Å². The molecule has 0 radical (unpaired) electrons. The zero-order valence-electron chi connectivity index (χ0n) is 12.3. The highest BCUT2D eigenvalue weighted by Crippen LogP contribution is 2.37. The Kier molecular flexibility index (Phi) is 3.36. The van der Waals surface area contributed by atoms with Crippen molar-refractivity contribution in [3.63, 3.8) is 0 Å². The highest BCUT2D eigenvalue weighted by atomic mass is 35.5. The van der Waals surface area contributed by atoms with E-state index < -0.39 is 0 Å². The Morgan fingerprint density at radius 1 is 1.21 bits per heavy atom. The van der Waals surface area contributed by atoms with Gasteiger partial charge in [-0.3, -0.25) is 0 Å². The summed E-state index contributed by atoms with van der Waals surface area (Å²) in [5, 5.41) is 11.0. The smallest absolute Gasteiger partial charge is 0.255 e. The molecule has 4 aromatic rings. The van der Waals surface area contributed by atoms with Crippen LogP contribution in [0.25, 0.3) is 33.1 Å². The van der Waals surface area contributed by atoms with Gasteiger partial charge in [-0.15, -0.1) is 11.3 Å². The summed E-state index contributed by atoms with van der Waals surface area (Å²) in [7, 11) is 0. The first-order valence-electron chi connectivity index (χ1n) is 6.85. The molecule has 4 rings (SSSR count). The summed E-state index contributed by atoms with van der Waals surface area (Å²) in [6, 6.07) is 3.42. The van der Waals surface area contributed by atoms with Crippen LogP contribution in [-0.4, -0.2) is 25.0 Å². The molecule has 0 fully saturated rings. The minimum Gasteiger partial charge on any atom is -0.491 e. The summed E-state index contributed by atoms with van der Waals surface area (Å²) < 4.78 is 5.32. The zero-order chi connectivity index (χ0) is 16.8. The highest BCUT2D eigenvalue weighted by molar-refractivity contribution is 7.14. The quantitative estimate of drug-likeness (QED) is 0.561. The van der Waals surface area contributed by atoms with Crippen LogP contribution in [0, 0.1) is 6.92 Å². The maximum Gasteiger partial charge on any atom is 0.255 e. The van der Waals surface area contributed by atoms with Crippen molar-refractivity contribution in [3.8, 4) is 27.8 Å². The molecule has 0 aliphatic carbocycles. The third-order valence-corrected chi connectivity index (χ3v) is 4.60. The van der Waals surface area contributed by atoms with Crippen LogP contribution in [0.2, 0.25) is 5.02 Å². The Labute approximate surface area is 144 Å². The Morgan fingerprint density at radius 2 is 2.04 bits per heavy atom. The highest BCUT2D eigenvalue weighted by Gasteiger charge is 2.19. The fraction of sp³-hybridized carbons (Fsp3) is 0.0667. The molecule has 3 heterocycles. The van der Waals surface area contributed by atoms with E-state index in [2.05, 4.69) is 19.9 Å². The Balaban J connectivity index is 2.00. The van der Waals surface area contributed by atoms with E-state index in [9.17, 15) is 5.11 Å². The fourth-order valence-electron chi connectivity index (χ4n) is 2.32. The second kappa shape index (κ2) is 5.43. The molecule has 0 spiro atoms. The number of aromatic nitrogens is 4. The number of anilines is 1. The number of hydrogen-bond donors (Lipinski definition) is 2. The van der Waals surface area contributed by atoms with E-state index in [0.717, 1.165) is 4.88 Å². The van der Waals surface area contributed by atoms with Gasteiger partial charge in [0.05, 0.1) is 5.02 Å². The van der Waals surface area contributed by atoms with Crippen LogP contribution in [0.15, 0.2) is 29.1 Å². The largest absolute Gasteiger partial charge is 0.491 e. The van der Waals surface area contributed by atoms with Gasteiger partial charge in [-0.2, -0.15) is 0 Å². The van der Waals surface area contributed by atoms with E-state index >= 15 is 0 Å². The van der Waals surface area contributed by atoms with Gasteiger partial charge in [0.2, 0.25) is 0 Å². The maximum atomic E-state index is 9.90. The van der Waals surface area contributed by atoms with Gasteiger partial charge in [0.1, 0.15) is 21.9 Å². The van der Waals surface area contributed by atoms with Crippen LogP contribution in [0.5, 0.6) is 5.88 Å². The summed E-state index contributed by atoms with van der Waals surface area (Å²) >= 11 is 7.71. The van der Waals surface area contributed by atoms with Gasteiger partial charge in [0.25, 0.3) is 5.88 Å². The average Bonchev–Trinajstić information content (AvgIpc) is 3.18. The van der Waals surface area contributed by atoms with Crippen LogP contribution in [0.1, 0.15) is 4.88 Å². The van der Waals surface area contributed by atoms with Crippen LogP contribution in [0.3, 0.4) is 0 Å². The van der Waals surface area contributed by atoms with Crippen LogP contribution in [0.4, 0.5) is 5.82 Å². The van der Waals surface area contributed by atoms with Crippen molar-refractivity contribution in [2.24, 2.45) is 0 Å². The number of aryl methyl sites for hydroxylation is 1. The molecule has 0 aliphatic heterocycles. The van der Waals surface area contributed by atoms with Crippen molar-refractivity contribution in [2.75, 3.05) is 5.73 Å². The molecule has 0 aliphatic rings. The van der Waals surface area contributed by atoms with E-state index in [-0.39, 0.29) is 11.7 Å². The molecular formula is C15H10ClN5O2S.